The van der Waals surface area contributed by atoms with Gasteiger partial charge < -0.3 is 16.2 Å². The lowest BCUT2D eigenvalue weighted by molar-refractivity contribution is 0.0996. The Hall–Kier alpha value is -1.78. The van der Waals surface area contributed by atoms with E-state index in [4.69, 9.17) is 16.2 Å². The van der Waals surface area contributed by atoms with Crippen LogP contribution in [0.3, 0.4) is 0 Å². The van der Waals surface area contributed by atoms with Crippen LogP contribution in [0.5, 0.6) is 5.75 Å². The Morgan fingerprint density at radius 3 is 2.79 bits per heavy atom. The molecule has 74 valence electrons. The lowest BCUT2D eigenvalue weighted by Gasteiger charge is -2.10. The van der Waals surface area contributed by atoms with Crippen molar-refractivity contribution in [2.24, 2.45) is 5.73 Å². The van der Waals surface area contributed by atoms with Crippen molar-refractivity contribution in [2.75, 3.05) is 5.73 Å². The summed E-state index contributed by atoms with van der Waals surface area (Å²) >= 11 is 0. The van der Waals surface area contributed by atoms with E-state index in [0.717, 1.165) is 12.8 Å². The lowest BCUT2D eigenvalue weighted by atomic mass is 10.2. The maximum atomic E-state index is 11.0. The molecule has 0 bridgehead atoms. The minimum Gasteiger partial charge on any atom is -0.487 e. The van der Waals surface area contributed by atoms with E-state index in [-0.39, 0.29) is 11.7 Å². The number of aromatic nitrogens is 1. The second-order valence-electron chi connectivity index (χ2n) is 3.29. The molecule has 1 fully saturated rings. The van der Waals surface area contributed by atoms with Crippen molar-refractivity contribution in [1.29, 1.82) is 0 Å². The van der Waals surface area contributed by atoms with E-state index in [9.17, 15) is 4.79 Å². The van der Waals surface area contributed by atoms with E-state index in [1.807, 2.05) is 0 Å². The summed E-state index contributed by atoms with van der Waals surface area (Å²) in [6.07, 6.45) is 5.00. The topological polar surface area (TPSA) is 91.2 Å². The first kappa shape index (κ1) is 8.80. The fourth-order valence-corrected chi connectivity index (χ4v) is 1.12. The first-order valence-electron chi connectivity index (χ1n) is 4.38. The zero-order chi connectivity index (χ0) is 10.1. The smallest absolute Gasteiger partial charge is 0.254 e. The first-order valence-corrected chi connectivity index (χ1v) is 4.38. The Morgan fingerprint density at radius 1 is 1.50 bits per heavy atom. The molecular formula is C9H11N3O2. The van der Waals surface area contributed by atoms with Crippen LogP contribution in [-0.2, 0) is 0 Å². The predicted octanol–water partition coefficient (Wildman–Crippen LogP) is 0.304. The number of pyridine rings is 1. The van der Waals surface area contributed by atoms with Crippen molar-refractivity contribution in [3.63, 3.8) is 0 Å². The lowest BCUT2D eigenvalue weighted by Crippen LogP contribution is -2.15. The molecule has 0 spiro atoms. The number of amides is 1. The number of hydrogen-bond donors (Lipinski definition) is 2. The highest BCUT2D eigenvalue weighted by Gasteiger charge is 2.26. The molecule has 14 heavy (non-hydrogen) atoms. The van der Waals surface area contributed by atoms with Gasteiger partial charge in [-0.1, -0.05) is 0 Å². The monoisotopic (exact) mass is 193 g/mol. The fourth-order valence-electron chi connectivity index (χ4n) is 1.12. The van der Waals surface area contributed by atoms with E-state index >= 15 is 0 Å². The Morgan fingerprint density at radius 2 is 2.21 bits per heavy atom. The minimum absolute atomic E-state index is 0.179. The number of nitrogen functional groups attached to an aromatic ring is 1. The van der Waals surface area contributed by atoms with Gasteiger partial charge in [0.15, 0.2) is 5.75 Å². The van der Waals surface area contributed by atoms with Gasteiger partial charge in [-0.2, -0.15) is 0 Å². The van der Waals surface area contributed by atoms with Gasteiger partial charge in [0.05, 0.1) is 18.0 Å². The summed E-state index contributed by atoms with van der Waals surface area (Å²) in [4.78, 5) is 14.8. The highest BCUT2D eigenvalue weighted by Crippen LogP contribution is 2.32. The number of rotatable bonds is 3. The third kappa shape index (κ3) is 1.61. The van der Waals surface area contributed by atoms with Gasteiger partial charge in [0, 0.05) is 6.20 Å². The molecule has 1 aromatic rings. The van der Waals surface area contributed by atoms with Crippen molar-refractivity contribution in [1.82, 2.24) is 4.98 Å². The number of carbonyl (C=O) groups excluding carboxylic acids is 1. The summed E-state index contributed by atoms with van der Waals surface area (Å²) in [5.74, 6) is -0.199. The number of carbonyl (C=O) groups is 1. The molecule has 4 N–H and O–H groups in total. The predicted molar refractivity (Wildman–Crippen MR) is 50.8 cm³/mol. The molecule has 5 heteroatoms. The molecule has 1 aliphatic rings. The Kier molecular flexibility index (Phi) is 1.99. The van der Waals surface area contributed by atoms with Gasteiger partial charge in [-0.15, -0.1) is 0 Å². The van der Waals surface area contributed by atoms with Crippen molar-refractivity contribution < 1.29 is 9.53 Å². The van der Waals surface area contributed by atoms with Gasteiger partial charge in [-0.3, -0.25) is 9.78 Å². The largest absolute Gasteiger partial charge is 0.487 e. The van der Waals surface area contributed by atoms with E-state index in [1.165, 1.54) is 12.4 Å². The maximum Gasteiger partial charge on any atom is 0.254 e. The van der Waals surface area contributed by atoms with Gasteiger partial charge in [-0.05, 0) is 12.8 Å². The van der Waals surface area contributed by atoms with Crippen molar-refractivity contribution >= 4 is 11.6 Å². The van der Waals surface area contributed by atoms with Crippen LogP contribution < -0.4 is 16.2 Å². The van der Waals surface area contributed by atoms with E-state index in [1.54, 1.807) is 0 Å². The molecule has 1 aromatic heterocycles. The third-order valence-electron chi connectivity index (χ3n) is 2.00. The quantitative estimate of drug-likeness (QED) is 0.722. The average Bonchev–Trinajstić information content (AvgIpc) is 2.91. The number of nitrogens with two attached hydrogens (primary N) is 2. The molecule has 1 amide bonds. The van der Waals surface area contributed by atoms with Crippen LogP contribution in [-0.4, -0.2) is 17.0 Å². The molecule has 1 heterocycles. The molecule has 0 aromatic carbocycles. The molecule has 0 saturated heterocycles. The third-order valence-corrected chi connectivity index (χ3v) is 2.00. The number of nitrogens with zero attached hydrogens (tertiary/aromatic N) is 1. The zero-order valence-electron chi connectivity index (χ0n) is 7.56. The number of anilines is 1. The molecule has 0 atom stereocenters. The van der Waals surface area contributed by atoms with Gasteiger partial charge in [0.2, 0.25) is 0 Å². The van der Waals surface area contributed by atoms with Gasteiger partial charge in [0.25, 0.3) is 5.91 Å². The van der Waals surface area contributed by atoms with E-state index in [0.29, 0.717) is 11.4 Å². The molecule has 0 unspecified atom stereocenters. The zero-order valence-corrected chi connectivity index (χ0v) is 7.56. The van der Waals surface area contributed by atoms with Crippen molar-refractivity contribution in [3.8, 4) is 5.75 Å². The minimum atomic E-state index is -0.569. The number of ether oxygens (including phenoxy) is 1. The van der Waals surface area contributed by atoms with Gasteiger partial charge in [0.1, 0.15) is 5.56 Å². The molecule has 0 aliphatic heterocycles. The first-order chi connectivity index (χ1) is 6.68. The standard InChI is InChI=1S/C9H11N3O2/c10-7-4-12-3-6(9(11)13)8(7)14-5-1-2-5/h3-5H,1-2,10H2,(H2,11,13). The van der Waals surface area contributed by atoms with E-state index < -0.39 is 5.91 Å². The molecular weight excluding hydrogens is 182 g/mol. The van der Waals surface area contributed by atoms with Gasteiger partial charge in [-0.25, -0.2) is 0 Å². The van der Waals surface area contributed by atoms with Crippen LogP contribution in [0.1, 0.15) is 23.2 Å². The molecule has 1 saturated carbocycles. The molecule has 1 aliphatic carbocycles. The Bertz CT molecular complexity index is 374. The number of hydrogen-bond acceptors (Lipinski definition) is 4. The van der Waals surface area contributed by atoms with Gasteiger partial charge >= 0.3 is 0 Å². The Balaban J connectivity index is 2.36. The Labute approximate surface area is 81.1 Å². The van der Waals surface area contributed by atoms with Crippen LogP contribution >= 0.6 is 0 Å². The van der Waals surface area contributed by atoms with Crippen LogP contribution in [0.15, 0.2) is 12.4 Å². The van der Waals surface area contributed by atoms with Crippen LogP contribution in [0.25, 0.3) is 0 Å². The SMILES string of the molecule is NC(=O)c1cncc(N)c1OC1CC1. The van der Waals surface area contributed by atoms with Crippen LogP contribution in [0.2, 0.25) is 0 Å². The fraction of sp³-hybridized carbons (Fsp3) is 0.333. The second kappa shape index (κ2) is 3.17. The molecule has 0 radical (unpaired) electrons. The summed E-state index contributed by atoms with van der Waals surface area (Å²) in [5, 5.41) is 0. The van der Waals surface area contributed by atoms with Crippen LogP contribution in [0.4, 0.5) is 5.69 Å². The van der Waals surface area contributed by atoms with Crippen molar-refractivity contribution in [3.05, 3.63) is 18.0 Å². The highest BCUT2D eigenvalue weighted by atomic mass is 16.5. The summed E-state index contributed by atoms with van der Waals surface area (Å²) < 4.78 is 5.48. The van der Waals surface area contributed by atoms with Crippen molar-refractivity contribution in [2.45, 2.75) is 18.9 Å². The summed E-state index contributed by atoms with van der Waals surface area (Å²) in [7, 11) is 0. The summed E-state index contributed by atoms with van der Waals surface area (Å²) in [5.41, 5.74) is 11.4. The average molecular weight is 193 g/mol. The highest BCUT2D eigenvalue weighted by molar-refractivity contribution is 5.96. The maximum absolute atomic E-state index is 11.0. The summed E-state index contributed by atoms with van der Waals surface area (Å²) in [6, 6.07) is 0. The van der Waals surface area contributed by atoms with Crippen LogP contribution in [0, 0.1) is 0 Å². The second-order valence-corrected chi connectivity index (χ2v) is 3.29. The number of primary amides is 1. The molecule has 5 nitrogen and oxygen atoms in total. The normalized spacial score (nSPS) is 15.1. The summed E-state index contributed by atoms with van der Waals surface area (Å²) in [6.45, 7) is 0. The molecule has 2 rings (SSSR count). The van der Waals surface area contributed by atoms with E-state index in [2.05, 4.69) is 4.98 Å².